The van der Waals surface area contributed by atoms with Crippen LogP contribution in [0.25, 0.3) is 0 Å². The maximum Gasteiger partial charge on any atom is 0.429 e. The number of rotatable bonds is 10. The third-order valence-corrected chi connectivity index (χ3v) is 6.86. The minimum Gasteiger partial charge on any atom is -0.491 e. The lowest BCUT2D eigenvalue weighted by atomic mass is 9.74. The number of hydrogen-bond acceptors (Lipinski definition) is 2. The van der Waals surface area contributed by atoms with E-state index in [1.807, 2.05) is 0 Å². The molecule has 2 nitrogen and oxygen atoms in total. The predicted octanol–water partition coefficient (Wildman–Crippen LogP) is 9.33. The molecule has 0 aliphatic heterocycles. The molecule has 3 rings (SSSR count). The summed E-state index contributed by atoms with van der Waals surface area (Å²) in [5, 5.41) is 0. The molecular weight excluding hydrogens is 572 g/mol. The van der Waals surface area contributed by atoms with Crippen LogP contribution in [0.5, 0.6) is 11.5 Å². The maximum absolute atomic E-state index is 14.6. The molecule has 0 spiro atoms. The fourth-order valence-electron chi connectivity index (χ4n) is 4.57. The summed E-state index contributed by atoms with van der Waals surface area (Å²) in [6, 6.07) is 5.97. The first-order valence-electron chi connectivity index (χ1n) is 12.1. The fourth-order valence-corrected chi connectivity index (χ4v) is 4.57. The van der Waals surface area contributed by atoms with Crippen LogP contribution in [-0.2, 0) is 6.11 Å². The monoisotopic (exact) mass is 596 g/mol. The van der Waals surface area contributed by atoms with Crippen LogP contribution in [0, 0.1) is 17.6 Å². The zero-order valence-corrected chi connectivity index (χ0v) is 21.0. The minimum absolute atomic E-state index is 0.0424. The molecular formula is C26H24F12O2. The molecule has 0 bridgehead atoms. The van der Waals surface area contributed by atoms with Gasteiger partial charge in [-0.3, -0.25) is 0 Å². The van der Waals surface area contributed by atoms with Crippen molar-refractivity contribution in [1.29, 1.82) is 0 Å². The Bertz CT molecular complexity index is 1170. The average molecular weight is 596 g/mol. The summed E-state index contributed by atoms with van der Waals surface area (Å²) in [5.74, 6) is -30.9. The molecule has 0 amide bonds. The average Bonchev–Trinajstić information content (AvgIpc) is 2.86. The van der Waals surface area contributed by atoms with Crippen LogP contribution in [-0.4, -0.2) is 30.3 Å². The summed E-state index contributed by atoms with van der Waals surface area (Å²) in [4.78, 5) is 0. The SMILES string of the molecule is CCOc1ccc(C(F)(F)Oc2ccc(C3CCC(C(F)(F)C(F)(F)C(F)(F)C(C)(F)F)CC3)cc2)c(F)c1F. The zero-order chi connectivity index (χ0) is 30.3. The van der Waals surface area contributed by atoms with Gasteiger partial charge in [-0.25, -0.2) is 4.39 Å². The molecule has 224 valence electrons. The van der Waals surface area contributed by atoms with Gasteiger partial charge in [0.2, 0.25) is 5.82 Å². The van der Waals surface area contributed by atoms with E-state index in [9.17, 15) is 52.7 Å². The van der Waals surface area contributed by atoms with Gasteiger partial charge in [0, 0.05) is 12.8 Å². The molecule has 0 unspecified atom stereocenters. The summed E-state index contributed by atoms with van der Waals surface area (Å²) in [6.07, 6.45) is -6.13. The lowest BCUT2D eigenvalue weighted by Gasteiger charge is -2.41. The van der Waals surface area contributed by atoms with Crippen LogP contribution in [0.3, 0.4) is 0 Å². The Morgan fingerprint density at radius 2 is 1.27 bits per heavy atom. The van der Waals surface area contributed by atoms with E-state index < -0.39 is 90.1 Å². The third kappa shape index (κ3) is 5.67. The van der Waals surface area contributed by atoms with Crippen LogP contribution < -0.4 is 9.47 Å². The van der Waals surface area contributed by atoms with Crippen molar-refractivity contribution in [3.63, 3.8) is 0 Å². The first kappa shape index (κ1) is 31.7. The van der Waals surface area contributed by atoms with E-state index in [0.29, 0.717) is 11.6 Å². The lowest BCUT2D eigenvalue weighted by Crippen LogP contribution is -2.63. The highest BCUT2D eigenvalue weighted by molar-refractivity contribution is 5.35. The van der Waals surface area contributed by atoms with Crippen LogP contribution in [0.1, 0.15) is 56.6 Å². The third-order valence-electron chi connectivity index (χ3n) is 6.86. The molecule has 1 saturated carbocycles. The Morgan fingerprint density at radius 3 is 1.77 bits per heavy atom. The number of alkyl halides is 10. The van der Waals surface area contributed by atoms with Gasteiger partial charge in [0.15, 0.2) is 11.6 Å². The maximum atomic E-state index is 14.6. The zero-order valence-electron chi connectivity index (χ0n) is 21.0. The fraction of sp³-hybridized carbons (Fsp3) is 0.538. The molecule has 0 saturated heterocycles. The second kappa shape index (κ2) is 10.9. The van der Waals surface area contributed by atoms with Crippen molar-refractivity contribution in [3.8, 4) is 11.5 Å². The number of ether oxygens (including phenoxy) is 2. The highest BCUT2D eigenvalue weighted by Crippen LogP contribution is 2.57. The molecule has 1 aliphatic carbocycles. The number of halogens is 12. The van der Waals surface area contributed by atoms with E-state index in [1.54, 1.807) is 0 Å². The largest absolute Gasteiger partial charge is 0.491 e. The van der Waals surface area contributed by atoms with Crippen LogP contribution in [0.4, 0.5) is 52.7 Å². The van der Waals surface area contributed by atoms with Gasteiger partial charge >= 0.3 is 29.8 Å². The Hall–Kier alpha value is -2.80. The molecule has 0 atom stereocenters. The molecule has 0 aromatic heterocycles. The Labute approximate surface area is 221 Å². The van der Waals surface area contributed by atoms with Gasteiger partial charge < -0.3 is 9.47 Å². The first-order valence-corrected chi connectivity index (χ1v) is 12.1. The second-order valence-electron chi connectivity index (χ2n) is 9.57. The van der Waals surface area contributed by atoms with Gasteiger partial charge in [-0.15, -0.1) is 0 Å². The summed E-state index contributed by atoms with van der Waals surface area (Å²) in [6.45, 7) is 0.869. The van der Waals surface area contributed by atoms with Gasteiger partial charge in [0.1, 0.15) is 11.3 Å². The van der Waals surface area contributed by atoms with Crippen molar-refractivity contribution in [2.75, 3.05) is 6.61 Å². The summed E-state index contributed by atoms with van der Waals surface area (Å²) in [7, 11) is 0. The quantitative estimate of drug-likeness (QED) is 0.255. The number of benzene rings is 2. The van der Waals surface area contributed by atoms with Crippen molar-refractivity contribution >= 4 is 0 Å². The predicted molar refractivity (Wildman–Crippen MR) is 119 cm³/mol. The minimum atomic E-state index is -6.31. The molecule has 0 radical (unpaired) electrons. The van der Waals surface area contributed by atoms with Crippen molar-refractivity contribution in [1.82, 2.24) is 0 Å². The Kier molecular flexibility index (Phi) is 8.63. The van der Waals surface area contributed by atoms with Crippen LogP contribution in [0.2, 0.25) is 0 Å². The van der Waals surface area contributed by atoms with Crippen molar-refractivity contribution in [2.24, 2.45) is 5.92 Å². The molecule has 0 N–H and O–H groups in total. The van der Waals surface area contributed by atoms with Gasteiger partial charge in [-0.2, -0.15) is 48.3 Å². The van der Waals surface area contributed by atoms with E-state index in [0.717, 1.165) is 18.2 Å². The smallest absolute Gasteiger partial charge is 0.429 e. The molecule has 14 heteroatoms. The summed E-state index contributed by atoms with van der Waals surface area (Å²) in [5.41, 5.74) is -1.02. The molecule has 1 aliphatic rings. The van der Waals surface area contributed by atoms with Gasteiger partial charge in [0.05, 0.1) is 6.61 Å². The first-order chi connectivity index (χ1) is 18.3. The number of hydrogen-bond donors (Lipinski definition) is 0. The van der Waals surface area contributed by atoms with Crippen molar-refractivity contribution in [2.45, 2.75) is 75.2 Å². The lowest BCUT2D eigenvalue weighted by molar-refractivity contribution is -0.373. The Balaban J connectivity index is 1.68. The summed E-state index contributed by atoms with van der Waals surface area (Å²) >= 11 is 0. The van der Waals surface area contributed by atoms with Crippen LogP contribution in [0.15, 0.2) is 36.4 Å². The van der Waals surface area contributed by atoms with Gasteiger partial charge in [-0.1, -0.05) is 12.1 Å². The highest BCUT2D eigenvalue weighted by Gasteiger charge is 2.80. The van der Waals surface area contributed by atoms with E-state index in [1.165, 1.54) is 19.1 Å². The molecule has 0 heterocycles. The van der Waals surface area contributed by atoms with Crippen molar-refractivity contribution < 1.29 is 62.2 Å². The van der Waals surface area contributed by atoms with E-state index in [-0.39, 0.29) is 19.4 Å². The topological polar surface area (TPSA) is 18.5 Å². The molecule has 1 fully saturated rings. The van der Waals surface area contributed by atoms with Crippen LogP contribution >= 0.6 is 0 Å². The van der Waals surface area contributed by atoms with E-state index in [2.05, 4.69) is 4.74 Å². The molecule has 40 heavy (non-hydrogen) atoms. The van der Waals surface area contributed by atoms with Gasteiger partial charge in [0.25, 0.3) is 0 Å². The van der Waals surface area contributed by atoms with Crippen molar-refractivity contribution in [3.05, 3.63) is 59.2 Å². The molecule has 2 aromatic carbocycles. The van der Waals surface area contributed by atoms with Gasteiger partial charge in [-0.05, 0) is 68.4 Å². The second-order valence-corrected chi connectivity index (χ2v) is 9.57. The molecule has 2 aromatic rings. The normalized spacial score (nSPS) is 19.4. The van der Waals surface area contributed by atoms with E-state index >= 15 is 0 Å². The van der Waals surface area contributed by atoms with E-state index in [4.69, 9.17) is 4.74 Å². The summed E-state index contributed by atoms with van der Waals surface area (Å²) < 4.78 is 177. The highest BCUT2D eigenvalue weighted by atomic mass is 19.4. The standard InChI is InChI=1S/C26H24F12O2/c1-3-39-19-13-12-18(20(27)21(19)28)24(33,34)40-17-10-6-15(7-11-17)14-4-8-16(9-5-14)23(31,32)26(37,38)25(35,36)22(2,29)30/h6-7,10-14,16H,3-5,8-9H2,1-2H3. The Morgan fingerprint density at radius 1 is 0.725 bits per heavy atom.